The number of carbonyl (C=O) groups is 5. The second-order valence-electron chi connectivity index (χ2n) is 5.28. The topological polar surface area (TPSA) is 179 Å². The van der Waals surface area contributed by atoms with Crippen LogP contribution in [0, 0.1) is 0 Å². The predicted octanol–water partition coefficient (Wildman–Crippen LogP) is -2.90. The fourth-order valence-corrected chi connectivity index (χ4v) is 2.24. The molecule has 0 aromatic rings. The molecule has 0 radical (unpaired) electrons. The summed E-state index contributed by atoms with van der Waals surface area (Å²) in [7, 11) is 0. The summed E-state index contributed by atoms with van der Waals surface area (Å²) in [4.78, 5) is 57.5. The first kappa shape index (κ1) is 19.4. The molecule has 0 saturated carbocycles. The molecule has 2 unspecified atom stereocenters. The van der Waals surface area contributed by atoms with Gasteiger partial charge in [-0.3, -0.25) is 19.2 Å². The Morgan fingerprint density at radius 2 is 1.79 bits per heavy atom. The van der Waals surface area contributed by atoms with Gasteiger partial charge in [-0.05, 0) is 12.8 Å². The summed E-state index contributed by atoms with van der Waals surface area (Å²) < 4.78 is 0. The maximum absolute atomic E-state index is 11.9. The van der Waals surface area contributed by atoms with Crippen molar-refractivity contribution < 1.29 is 34.2 Å². The number of carboxylic acids is 2. The Hall–Kier alpha value is -2.69. The maximum Gasteiger partial charge on any atom is 0.326 e. The Balaban J connectivity index is 2.33. The molecule has 0 aromatic heterocycles. The summed E-state index contributed by atoms with van der Waals surface area (Å²) in [6, 6.07) is -2.17. The average Bonchev–Trinajstić information content (AvgIpc) is 2.99. The first-order valence-electron chi connectivity index (χ1n) is 7.26. The van der Waals surface area contributed by atoms with Gasteiger partial charge in [-0.1, -0.05) is 0 Å². The number of hydrogen-bond acceptors (Lipinski definition) is 6. The summed E-state index contributed by atoms with van der Waals surface area (Å²) in [5, 5.41) is 21.9. The summed E-state index contributed by atoms with van der Waals surface area (Å²) in [5.74, 6) is -4.34. The van der Waals surface area contributed by atoms with E-state index in [1.807, 2.05) is 0 Å². The number of carboxylic acid groups (broad SMARTS) is 2. The van der Waals surface area contributed by atoms with Crippen LogP contribution in [0.1, 0.15) is 19.3 Å². The van der Waals surface area contributed by atoms with Crippen molar-refractivity contribution in [1.82, 2.24) is 15.5 Å². The molecule has 1 saturated heterocycles. The molecule has 0 aromatic carbocycles. The van der Waals surface area contributed by atoms with Crippen LogP contribution in [0.4, 0.5) is 0 Å². The Morgan fingerprint density at radius 3 is 2.38 bits per heavy atom. The van der Waals surface area contributed by atoms with Crippen molar-refractivity contribution in [2.75, 3.05) is 19.6 Å². The summed E-state index contributed by atoms with van der Waals surface area (Å²) in [6.45, 7) is -0.548. The molecule has 1 rings (SSSR count). The highest BCUT2D eigenvalue weighted by Crippen LogP contribution is 2.17. The number of carbonyl (C=O) groups excluding carboxylic acids is 3. The zero-order valence-corrected chi connectivity index (χ0v) is 12.9. The highest BCUT2D eigenvalue weighted by atomic mass is 16.4. The third-order valence-electron chi connectivity index (χ3n) is 3.45. The third kappa shape index (κ3) is 5.83. The molecular weight excluding hydrogens is 324 g/mol. The smallest absolute Gasteiger partial charge is 0.326 e. The lowest BCUT2D eigenvalue weighted by molar-refractivity contribution is -0.148. The minimum absolute atomic E-state index is 0.312. The first-order valence-corrected chi connectivity index (χ1v) is 7.26. The van der Waals surface area contributed by atoms with Crippen LogP contribution in [-0.2, 0) is 24.0 Å². The van der Waals surface area contributed by atoms with Gasteiger partial charge in [0.2, 0.25) is 17.7 Å². The normalized spacial score (nSPS) is 17.9. The zero-order chi connectivity index (χ0) is 18.3. The van der Waals surface area contributed by atoms with Crippen molar-refractivity contribution >= 4 is 29.7 Å². The molecule has 0 bridgehead atoms. The Labute approximate surface area is 137 Å². The highest BCUT2D eigenvalue weighted by molar-refractivity contribution is 5.91. The van der Waals surface area contributed by atoms with Crippen LogP contribution >= 0.6 is 0 Å². The largest absolute Gasteiger partial charge is 0.481 e. The number of hydrogen-bond donors (Lipinski definition) is 5. The number of nitrogens with two attached hydrogens (primary N) is 1. The van der Waals surface area contributed by atoms with E-state index in [4.69, 9.17) is 15.9 Å². The van der Waals surface area contributed by atoms with Crippen molar-refractivity contribution in [3.8, 4) is 0 Å². The summed E-state index contributed by atoms with van der Waals surface area (Å²) in [6.07, 6.45) is 0.373. The molecule has 1 fully saturated rings. The lowest BCUT2D eigenvalue weighted by Crippen LogP contribution is -2.48. The van der Waals surface area contributed by atoms with Gasteiger partial charge >= 0.3 is 11.9 Å². The second kappa shape index (κ2) is 8.82. The van der Waals surface area contributed by atoms with Gasteiger partial charge in [-0.2, -0.15) is 0 Å². The number of rotatable bonds is 8. The fraction of sp³-hybridized carbons (Fsp3) is 0.615. The molecule has 1 aliphatic rings. The minimum atomic E-state index is -1.28. The van der Waals surface area contributed by atoms with Crippen LogP contribution in [0.5, 0.6) is 0 Å². The number of aliphatic carboxylic acids is 2. The zero-order valence-electron chi connectivity index (χ0n) is 12.9. The molecule has 3 amide bonds. The van der Waals surface area contributed by atoms with E-state index in [1.165, 1.54) is 4.90 Å². The fourth-order valence-electron chi connectivity index (χ4n) is 2.24. The van der Waals surface area contributed by atoms with Crippen LogP contribution in [0.25, 0.3) is 0 Å². The van der Waals surface area contributed by atoms with Gasteiger partial charge in [0.25, 0.3) is 0 Å². The molecule has 0 spiro atoms. The molecule has 24 heavy (non-hydrogen) atoms. The number of amides is 3. The Kier molecular flexibility index (Phi) is 7.11. The van der Waals surface area contributed by atoms with E-state index < -0.39 is 54.7 Å². The SMILES string of the molecule is NC(CC(=O)O)C(=O)NCC(=O)NCC(=O)N1CCCC1C(=O)O. The van der Waals surface area contributed by atoms with E-state index in [9.17, 15) is 24.0 Å². The molecule has 11 heteroatoms. The van der Waals surface area contributed by atoms with Crippen LogP contribution in [-0.4, -0.2) is 76.5 Å². The molecule has 134 valence electrons. The molecule has 0 aliphatic carbocycles. The van der Waals surface area contributed by atoms with Gasteiger partial charge in [-0.25, -0.2) is 4.79 Å². The first-order chi connectivity index (χ1) is 11.2. The van der Waals surface area contributed by atoms with Crippen molar-refractivity contribution in [2.24, 2.45) is 5.73 Å². The number of nitrogens with zero attached hydrogens (tertiary/aromatic N) is 1. The van der Waals surface area contributed by atoms with Gasteiger partial charge in [-0.15, -0.1) is 0 Å². The van der Waals surface area contributed by atoms with Gasteiger partial charge in [0.1, 0.15) is 6.04 Å². The van der Waals surface area contributed by atoms with Crippen LogP contribution in [0.2, 0.25) is 0 Å². The molecule has 2 atom stereocenters. The molecular formula is C13H20N4O7. The lowest BCUT2D eigenvalue weighted by Gasteiger charge is -2.21. The van der Waals surface area contributed by atoms with Crippen molar-refractivity contribution in [2.45, 2.75) is 31.3 Å². The average molecular weight is 344 g/mol. The van der Waals surface area contributed by atoms with Crippen LogP contribution in [0.15, 0.2) is 0 Å². The summed E-state index contributed by atoms with van der Waals surface area (Å²) >= 11 is 0. The van der Waals surface area contributed by atoms with Crippen molar-refractivity contribution in [3.63, 3.8) is 0 Å². The minimum Gasteiger partial charge on any atom is -0.481 e. The number of likely N-dealkylation sites (tertiary alicyclic amines) is 1. The van der Waals surface area contributed by atoms with Crippen LogP contribution < -0.4 is 16.4 Å². The van der Waals surface area contributed by atoms with E-state index in [-0.39, 0.29) is 6.54 Å². The van der Waals surface area contributed by atoms with Crippen molar-refractivity contribution in [1.29, 1.82) is 0 Å². The van der Waals surface area contributed by atoms with E-state index in [0.29, 0.717) is 19.4 Å². The summed E-state index contributed by atoms with van der Waals surface area (Å²) in [5.41, 5.74) is 5.31. The van der Waals surface area contributed by atoms with Crippen LogP contribution in [0.3, 0.4) is 0 Å². The van der Waals surface area contributed by atoms with Gasteiger partial charge in [0, 0.05) is 6.54 Å². The van der Waals surface area contributed by atoms with Gasteiger partial charge in [0.05, 0.1) is 25.6 Å². The standard InChI is InChI=1S/C13H20N4O7/c14-7(4-11(20)21)12(22)16-5-9(18)15-6-10(19)17-3-1-2-8(17)13(23)24/h7-8H,1-6,14H2,(H,15,18)(H,16,22)(H,20,21)(H,23,24). The Morgan fingerprint density at radius 1 is 1.12 bits per heavy atom. The molecule has 11 nitrogen and oxygen atoms in total. The number of nitrogens with one attached hydrogen (secondary N) is 2. The van der Waals surface area contributed by atoms with E-state index in [2.05, 4.69) is 10.6 Å². The van der Waals surface area contributed by atoms with Gasteiger partial charge in [0.15, 0.2) is 0 Å². The van der Waals surface area contributed by atoms with Crippen molar-refractivity contribution in [3.05, 3.63) is 0 Å². The van der Waals surface area contributed by atoms with E-state index >= 15 is 0 Å². The maximum atomic E-state index is 11.9. The molecule has 6 N–H and O–H groups in total. The van der Waals surface area contributed by atoms with E-state index in [0.717, 1.165) is 0 Å². The molecule has 1 aliphatic heterocycles. The second-order valence-corrected chi connectivity index (χ2v) is 5.28. The third-order valence-corrected chi connectivity index (χ3v) is 3.45. The van der Waals surface area contributed by atoms with E-state index in [1.54, 1.807) is 0 Å². The van der Waals surface area contributed by atoms with Gasteiger partial charge < -0.3 is 31.5 Å². The predicted molar refractivity (Wildman–Crippen MR) is 78.6 cm³/mol. The highest BCUT2D eigenvalue weighted by Gasteiger charge is 2.33. The lowest BCUT2D eigenvalue weighted by atomic mass is 10.2. The molecule has 1 heterocycles. The quantitative estimate of drug-likeness (QED) is 0.311. The Bertz CT molecular complexity index is 536. The monoisotopic (exact) mass is 344 g/mol.